The summed E-state index contributed by atoms with van der Waals surface area (Å²) in [7, 11) is 0. The van der Waals surface area contributed by atoms with Crippen LogP contribution in [0.15, 0.2) is 0 Å². The molecule has 0 fully saturated rings. The Bertz CT molecular complexity index is 171. The Balaban J connectivity index is 3.85. The van der Waals surface area contributed by atoms with E-state index in [1.165, 1.54) is 32.1 Å². The molecule has 0 N–H and O–H groups in total. The van der Waals surface area contributed by atoms with Crippen molar-refractivity contribution in [1.82, 2.24) is 0 Å². The summed E-state index contributed by atoms with van der Waals surface area (Å²) in [5.74, 6) is 4.47. The molecule has 0 rings (SSSR count). The summed E-state index contributed by atoms with van der Waals surface area (Å²) < 4.78 is 0. The van der Waals surface area contributed by atoms with Crippen molar-refractivity contribution in [2.24, 2.45) is 29.6 Å². The molecule has 0 heterocycles. The normalized spacial score (nSPS) is 19.1. The molecule has 0 amide bonds. The van der Waals surface area contributed by atoms with E-state index in [2.05, 4.69) is 48.5 Å². The lowest BCUT2D eigenvalue weighted by Crippen LogP contribution is -2.14. The molecule has 17 heavy (non-hydrogen) atoms. The molecule has 0 radical (unpaired) electrons. The topological polar surface area (TPSA) is 0 Å². The van der Waals surface area contributed by atoms with Gasteiger partial charge in [-0.1, -0.05) is 67.7 Å². The van der Waals surface area contributed by atoms with Gasteiger partial charge in [0.25, 0.3) is 0 Å². The predicted molar refractivity (Wildman–Crippen MR) is 80.3 cm³/mol. The summed E-state index contributed by atoms with van der Waals surface area (Å²) in [4.78, 5) is 0. The van der Waals surface area contributed by atoms with Gasteiger partial charge in [-0.25, -0.2) is 0 Å². The lowest BCUT2D eigenvalue weighted by Gasteiger charge is -2.25. The van der Waals surface area contributed by atoms with Gasteiger partial charge >= 0.3 is 0 Å². The highest BCUT2D eigenvalue weighted by Gasteiger charge is 2.17. The number of hydrogen-bond donors (Lipinski definition) is 0. The van der Waals surface area contributed by atoms with Crippen LogP contribution in [0.2, 0.25) is 0 Å². The van der Waals surface area contributed by atoms with Crippen LogP contribution < -0.4 is 0 Å². The highest BCUT2D eigenvalue weighted by Crippen LogP contribution is 2.28. The van der Waals surface area contributed by atoms with Crippen LogP contribution in [0.3, 0.4) is 0 Å². The number of hydrogen-bond acceptors (Lipinski definition) is 0. The van der Waals surface area contributed by atoms with Gasteiger partial charge < -0.3 is 0 Å². The molecule has 0 aromatic carbocycles. The van der Waals surface area contributed by atoms with Crippen molar-refractivity contribution in [3.8, 4) is 0 Å². The van der Waals surface area contributed by atoms with Crippen molar-refractivity contribution in [1.29, 1.82) is 0 Å². The average Bonchev–Trinajstić information content (AvgIpc) is 2.25. The third-order valence-electron chi connectivity index (χ3n) is 4.45. The first-order chi connectivity index (χ1) is 7.86. The second kappa shape index (κ2) is 9.00. The molecule has 0 aliphatic carbocycles. The zero-order valence-corrected chi connectivity index (χ0v) is 13.4. The number of rotatable bonds is 9. The summed E-state index contributed by atoms with van der Waals surface area (Å²) in [5, 5.41) is 0. The standard InChI is InChI=1S/C17H36/c1-8-14(4)11-15(5)12-17(7)16(6)10-9-13(2)3/h13-17H,8-12H2,1-7H3. The average molecular weight is 240 g/mol. The van der Waals surface area contributed by atoms with E-state index >= 15 is 0 Å². The van der Waals surface area contributed by atoms with Gasteiger partial charge in [0.05, 0.1) is 0 Å². The summed E-state index contributed by atoms with van der Waals surface area (Å²) in [5.41, 5.74) is 0. The smallest absolute Gasteiger partial charge is 0.0414 e. The van der Waals surface area contributed by atoms with Crippen molar-refractivity contribution in [3.05, 3.63) is 0 Å². The summed E-state index contributed by atoms with van der Waals surface area (Å²) in [6.07, 6.45) is 6.98. The fourth-order valence-corrected chi connectivity index (χ4v) is 2.70. The van der Waals surface area contributed by atoms with Gasteiger partial charge in [-0.2, -0.15) is 0 Å². The molecular weight excluding hydrogens is 204 g/mol. The summed E-state index contributed by atoms with van der Waals surface area (Å²) in [6.45, 7) is 16.7. The third-order valence-corrected chi connectivity index (χ3v) is 4.45. The van der Waals surface area contributed by atoms with Crippen LogP contribution in [0, 0.1) is 29.6 Å². The Hall–Kier alpha value is 0. The Morgan fingerprint density at radius 2 is 1.24 bits per heavy atom. The molecule has 0 saturated heterocycles. The first kappa shape index (κ1) is 17.0. The molecule has 0 nitrogen and oxygen atoms in total. The highest BCUT2D eigenvalue weighted by molar-refractivity contribution is 4.68. The highest BCUT2D eigenvalue weighted by atomic mass is 14.2. The minimum Gasteiger partial charge on any atom is -0.0651 e. The van der Waals surface area contributed by atoms with E-state index in [4.69, 9.17) is 0 Å². The van der Waals surface area contributed by atoms with Crippen molar-refractivity contribution in [2.45, 2.75) is 80.6 Å². The SMILES string of the molecule is CCC(C)CC(C)CC(C)C(C)CCC(C)C. The quantitative estimate of drug-likeness (QED) is 0.453. The maximum atomic E-state index is 2.46. The maximum Gasteiger partial charge on any atom is -0.0414 e. The minimum atomic E-state index is 0.863. The van der Waals surface area contributed by atoms with Crippen LogP contribution in [0.4, 0.5) is 0 Å². The van der Waals surface area contributed by atoms with Crippen molar-refractivity contribution >= 4 is 0 Å². The molecule has 0 aliphatic heterocycles. The Kier molecular flexibility index (Phi) is 9.00. The van der Waals surface area contributed by atoms with Crippen LogP contribution >= 0.6 is 0 Å². The Morgan fingerprint density at radius 3 is 1.71 bits per heavy atom. The van der Waals surface area contributed by atoms with E-state index in [1.54, 1.807) is 0 Å². The van der Waals surface area contributed by atoms with Gasteiger partial charge in [0.15, 0.2) is 0 Å². The Morgan fingerprint density at radius 1 is 0.647 bits per heavy atom. The first-order valence-corrected chi connectivity index (χ1v) is 7.86. The molecule has 0 heteroatoms. The van der Waals surface area contributed by atoms with E-state index in [-0.39, 0.29) is 0 Å². The molecular formula is C17H36. The molecule has 104 valence electrons. The monoisotopic (exact) mass is 240 g/mol. The van der Waals surface area contributed by atoms with Gasteiger partial charge in [0.1, 0.15) is 0 Å². The van der Waals surface area contributed by atoms with E-state index in [0.29, 0.717) is 0 Å². The van der Waals surface area contributed by atoms with Gasteiger partial charge in [-0.05, 0) is 42.4 Å². The fraction of sp³-hybridized carbons (Fsp3) is 1.00. The summed E-state index contributed by atoms with van der Waals surface area (Å²) in [6, 6.07) is 0. The molecule has 0 spiro atoms. The molecule has 0 saturated carbocycles. The van der Waals surface area contributed by atoms with Crippen LogP contribution in [0.5, 0.6) is 0 Å². The van der Waals surface area contributed by atoms with Crippen LogP contribution in [0.1, 0.15) is 80.6 Å². The molecule has 0 aliphatic rings. The molecule has 0 aromatic rings. The van der Waals surface area contributed by atoms with E-state index in [0.717, 1.165) is 29.6 Å². The van der Waals surface area contributed by atoms with Gasteiger partial charge in [-0.15, -0.1) is 0 Å². The van der Waals surface area contributed by atoms with Crippen molar-refractivity contribution in [2.75, 3.05) is 0 Å². The van der Waals surface area contributed by atoms with Gasteiger partial charge in [-0.3, -0.25) is 0 Å². The van der Waals surface area contributed by atoms with E-state index in [9.17, 15) is 0 Å². The lowest BCUT2D eigenvalue weighted by atomic mass is 9.81. The first-order valence-electron chi connectivity index (χ1n) is 7.86. The molecule has 0 aromatic heterocycles. The maximum absolute atomic E-state index is 2.46. The second-order valence-electron chi connectivity index (χ2n) is 7.02. The predicted octanol–water partition coefficient (Wildman–Crippen LogP) is 6.16. The van der Waals surface area contributed by atoms with Crippen molar-refractivity contribution in [3.63, 3.8) is 0 Å². The third kappa shape index (κ3) is 8.69. The van der Waals surface area contributed by atoms with Gasteiger partial charge in [0, 0.05) is 0 Å². The summed E-state index contributed by atoms with van der Waals surface area (Å²) >= 11 is 0. The van der Waals surface area contributed by atoms with E-state index < -0.39 is 0 Å². The fourth-order valence-electron chi connectivity index (χ4n) is 2.70. The zero-order chi connectivity index (χ0) is 13.4. The van der Waals surface area contributed by atoms with E-state index in [1.807, 2.05) is 0 Å². The van der Waals surface area contributed by atoms with Gasteiger partial charge in [0.2, 0.25) is 0 Å². The largest absolute Gasteiger partial charge is 0.0651 e. The molecule has 0 bridgehead atoms. The second-order valence-corrected chi connectivity index (χ2v) is 7.02. The van der Waals surface area contributed by atoms with Crippen LogP contribution in [0.25, 0.3) is 0 Å². The van der Waals surface area contributed by atoms with Crippen LogP contribution in [-0.4, -0.2) is 0 Å². The van der Waals surface area contributed by atoms with Crippen LogP contribution in [-0.2, 0) is 0 Å². The Labute approximate surface area is 111 Å². The molecule has 4 unspecified atom stereocenters. The molecule has 4 atom stereocenters. The zero-order valence-electron chi connectivity index (χ0n) is 13.4. The van der Waals surface area contributed by atoms with Crippen molar-refractivity contribution < 1.29 is 0 Å². The lowest BCUT2D eigenvalue weighted by molar-refractivity contribution is 0.263. The minimum absolute atomic E-state index is 0.863.